The smallest absolute Gasteiger partial charge is 0.222 e. The minimum atomic E-state index is -0.968. The quantitative estimate of drug-likeness (QED) is 0.674. The van der Waals surface area contributed by atoms with Crippen molar-refractivity contribution in [3.63, 3.8) is 0 Å². The van der Waals surface area contributed by atoms with Crippen molar-refractivity contribution in [3.05, 3.63) is 0 Å². The lowest BCUT2D eigenvalue weighted by atomic mass is 9.82. The van der Waals surface area contributed by atoms with Crippen molar-refractivity contribution < 1.29 is 4.55 Å². The van der Waals surface area contributed by atoms with Gasteiger partial charge in [-0.25, -0.2) is 4.99 Å². The molecule has 4 nitrogen and oxygen atoms in total. The number of amidine groups is 1. The summed E-state index contributed by atoms with van der Waals surface area (Å²) < 4.78 is 14.0. The predicted molar refractivity (Wildman–Crippen MR) is 58.2 cm³/mol. The topological polar surface area (TPSA) is 73.5 Å². The summed E-state index contributed by atoms with van der Waals surface area (Å²) in [5.41, 5.74) is 6.06. The van der Waals surface area contributed by atoms with Gasteiger partial charge in [-0.1, -0.05) is 12.8 Å². The molecule has 80 valence electrons. The van der Waals surface area contributed by atoms with Crippen LogP contribution in [0, 0.1) is 5.41 Å². The van der Waals surface area contributed by atoms with Gasteiger partial charge in [0.25, 0.3) is 0 Å². The van der Waals surface area contributed by atoms with E-state index in [1.165, 1.54) is 25.7 Å². The van der Waals surface area contributed by atoms with E-state index in [-0.39, 0.29) is 5.41 Å². The Kier molecular flexibility index (Phi) is 2.99. The van der Waals surface area contributed by atoms with E-state index in [4.69, 9.17) is 5.73 Å². The van der Waals surface area contributed by atoms with Crippen LogP contribution in [0.15, 0.2) is 4.99 Å². The standard InChI is InChI=1S/C9H17N3OS/c10-6-9(3-1-2-4-9)5-8-11-7-14(13)12-8/h1-7,10H2,(H,11,12). The highest BCUT2D eigenvalue weighted by Crippen LogP contribution is 2.40. The molecule has 1 atom stereocenters. The van der Waals surface area contributed by atoms with E-state index in [1.54, 1.807) is 0 Å². The maximum Gasteiger partial charge on any atom is 0.222 e. The first kappa shape index (κ1) is 10.3. The number of rotatable bonds is 3. The van der Waals surface area contributed by atoms with Crippen LogP contribution in [0.25, 0.3) is 0 Å². The number of aliphatic imine (C=N–C) groups is 1. The van der Waals surface area contributed by atoms with Gasteiger partial charge in [0.1, 0.15) is 5.84 Å². The number of nitrogens with one attached hydrogen (secondary N) is 1. The molecule has 0 aromatic rings. The third-order valence-corrected chi connectivity index (χ3v) is 4.07. The molecule has 1 heterocycles. The van der Waals surface area contributed by atoms with Crippen LogP contribution in [0.1, 0.15) is 32.1 Å². The molecule has 3 N–H and O–H groups in total. The lowest BCUT2D eigenvalue weighted by molar-refractivity contribution is 0.322. The molecule has 0 saturated heterocycles. The summed E-state index contributed by atoms with van der Waals surface area (Å²) in [6, 6.07) is 0. The molecule has 14 heavy (non-hydrogen) atoms. The SMILES string of the molecule is NCC1(CC2=NC[S+]([O-])N2)CCCC1. The van der Waals surface area contributed by atoms with Crippen LogP contribution in [0.2, 0.25) is 0 Å². The Labute approximate surface area is 87.7 Å². The molecule has 2 rings (SSSR count). The Morgan fingerprint density at radius 1 is 1.50 bits per heavy atom. The van der Waals surface area contributed by atoms with Gasteiger partial charge in [-0.05, 0) is 24.8 Å². The summed E-state index contributed by atoms with van der Waals surface area (Å²) in [4.78, 5) is 4.22. The van der Waals surface area contributed by atoms with Crippen molar-refractivity contribution in [2.75, 3.05) is 12.4 Å². The largest absolute Gasteiger partial charge is 0.591 e. The highest BCUT2D eigenvalue weighted by Gasteiger charge is 2.35. The highest BCUT2D eigenvalue weighted by atomic mass is 32.2. The minimum Gasteiger partial charge on any atom is -0.591 e. The molecule has 2 aliphatic rings. The second-order valence-corrected chi connectivity index (χ2v) is 5.42. The van der Waals surface area contributed by atoms with E-state index < -0.39 is 11.4 Å². The maximum absolute atomic E-state index is 11.1. The Morgan fingerprint density at radius 2 is 2.21 bits per heavy atom. The number of nitrogens with two attached hydrogens (primary N) is 1. The molecule has 1 unspecified atom stereocenters. The molecule has 0 amide bonds. The van der Waals surface area contributed by atoms with Crippen molar-refractivity contribution >= 4 is 17.2 Å². The van der Waals surface area contributed by atoms with E-state index in [0.29, 0.717) is 5.88 Å². The fourth-order valence-corrected chi connectivity index (χ4v) is 3.09. The third-order valence-electron chi connectivity index (χ3n) is 3.24. The molecule has 1 fully saturated rings. The van der Waals surface area contributed by atoms with E-state index in [2.05, 4.69) is 9.71 Å². The van der Waals surface area contributed by atoms with Gasteiger partial charge in [0, 0.05) is 6.42 Å². The molecule has 1 aliphatic heterocycles. The average molecular weight is 215 g/mol. The van der Waals surface area contributed by atoms with Gasteiger partial charge in [0.05, 0.1) is 11.4 Å². The van der Waals surface area contributed by atoms with E-state index >= 15 is 0 Å². The Morgan fingerprint density at radius 3 is 2.71 bits per heavy atom. The molecule has 0 radical (unpaired) electrons. The summed E-state index contributed by atoms with van der Waals surface area (Å²) in [7, 11) is 0. The first-order chi connectivity index (χ1) is 6.74. The summed E-state index contributed by atoms with van der Waals surface area (Å²) in [5.74, 6) is 1.31. The second kappa shape index (κ2) is 4.08. The first-order valence-electron chi connectivity index (χ1n) is 5.13. The zero-order chi connectivity index (χ0) is 10.0. The molecule has 1 saturated carbocycles. The Bertz CT molecular complexity index is 238. The van der Waals surface area contributed by atoms with Crippen molar-refractivity contribution in [1.82, 2.24) is 4.72 Å². The molecule has 0 bridgehead atoms. The number of hydrogen-bond donors (Lipinski definition) is 2. The predicted octanol–water partition coefficient (Wildman–Crippen LogP) is 0.518. The maximum atomic E-state index is 11.1. The van der Waals surface area contributed by atoms with E-state index in [1.807, 2.05) is 0 Å². The molecule has 1 aliphatic carbocycles. The monoisotopic (exact) mass is 215 g/mol. The van der Waals surface area contributed by atoms with Gasteiger partial charge >= 0.3 is 0 Å². The average Bonchev–Trinajstić information content (AvgIpc) is 2.77. The first-order valence-corrected chi connectivity index (χ1v) is 6.44. The Balaban J connectivity index is 1.95. The van der Waals surface area contributed by atoms with Crippen LogP contribution < -0.4 is 10.5 Å². The molecule has 5 heteroatoms. The van der Waals surface area contributed by atoms with Gasteiger partial charge in [-0.15, -0.1) is 0 Å². The third kappa shape index (κ3) is 2.04. The van der Waals surface area contributed by atoms with Gasteiger partial charge in [-0.2, -0.15) is 4.72 Å². The van der Waals surface area contributed by atoms with E-state index in [0.717, 1.165) is 18.8 Å². The van der Waals surface area contributed by atoms with Crippen LogP contribution in [-0.4, -0.2) is 22.8 Å². The van der Waals surface area contributed by atoms with Crippen LogP contribution in [0.4, 0.5) is 0 Å². The second-order valence-electron chi connectivity index (χ2n) is 4.27. The zero-order valence-corrected chi connectivity index (χ0v) is 9.11. The van der Waals surface area contributed by atoms with Crippen LogP contribution in [-0.2, 0) is 11.4 Å². The fraction of sp³-hybridized carbons (Fsp3) is 0.889. The minimum absolute atomic E-state index is 0.236. The van der Waals surface area contributed by atoms with Crippen molar-refractivity contribution in [2.24, 2.45) is 16.1 Å². The zero-order valence-electron chi connectivity index (χ0n) is 8.29. The van der Waals surface area contributed by atoms with E-state index in [9.17, 15) is 4.55 Å². The Hall–Kier alpha value is -0.260. The number of hydrogen-bond acceptors (Lipinski definition) is 4. The molecular weight excluding hydrogens is 198 g/mol. The van der Waals surface area contributed by atoms with Gasteiger partial charge < -0.3 is 10.3 Å². The molecule has 0 spiro atoms. The summed E-state index contributed by atoms with van der Waals surface area (Å²) in [5, 5.41) is 0. The van der Waals surface area contributed by atoms with Crippen LogP contribution in [0.3, 0.4) is 0 Å². The van der Waals surface area contributed by atoms with Crippen LogP contribution >= 0.6 is 0 Å². The van der Waals surface area contributed by atoms with Gasteiger partial charge in [-0.3, -0.25) is 0 Å². The summed E-state index contributed by atoms with van der Waals surface area (Å²) in [6.07, 6.45) is 5.81. The summed E-state index contributed by atoms with van der Waals surface area (Å²) in [6.45, 7) is 0.723. The molecule has 0 aromatic carbocycles. The number of nitrogens with zero attached hydrogens (tertiary/aromatic N) is 1. The lowest BCUT2D eigenvalue weighted by Gasteiger charge is -2.26. The molecular formula is C9H17N3OS. The fourth-order valence-electron chi connectivity index (χ4n) is 2.36. The van der Waals surface area contributed by atoms with Crippen LogP contribution in [0.5, 0.6) is 0 Å². The van der Waals surface area contributed by atoms with Crippen molar-refractivity contribution in [2.45, 2.75) is 32.1 Å². The normalized spacial score (nSPS) is 30.1. The lowest BCUT2D eigenvalue weighted by Crippen LogP contribution is -2.35. The molecule has 0 aromatic heterocycles. The highest BCUT2D eigenvalue weighted by molar-refractivity contribution is 7.90. The van der Waals surface area contributed by atoms with Gasteiger partial charge in [0.15, 0.2) is 0 Å². The van der Waals surface area contributed by atoms with Crippen molar-refractivity contribution in [3.8, 4) is 0 Å². The summed E-state index contributed by atoms with van der Waals surface area (Å²) >= 11 is -0.968. The van der Waals surface area contributed by atoms with Gasteiger partial charge in [0.2, 0.25) is 5.88 Å². The van der Waals surface area contributed by atoms with Crippen molar-refractivity contribution in [1.29, 1.82) is 0 Å².